The second-order valence-electron chi connectivity index (χ2n) is 4.60. The van der Waals surface area contributed by atoms with Crippen molar-refractivity contribution in [2.24, 2.45) is 0 Å². The number of aromatic carboxylic acids is 1. The molecule has 0 fully saturated rings. The molecule has 1 rings (SSSR count). The number of carboxylic acid groups (broad SMARTS) is 1. The van der Waals surface area contributed by atoms with Crippen LogP contribution in [-0.4, -0.2) is 46.5 Å². The molecule has 0 spiro atoms. The summed E-state index contributed by atoms with van der Waals surface area (Å²) in [4.78, 5) is 34.4. The lowest BCUT2D eigenvalue weighted by Crippen LogP contribution is -2.36. The number of rotatable bonds is 6. The van der Waals surface area contributed by atoms with E-state index in [1.165, 1.54) is 17.0 Å². The first-order chi connectivity index (χ1) is 9.75. The van der Waals surface area contributed by atoms with E-state index in [9.17, 15) is 19.7 Å². The molecule has 8 nitrogen and oxygen atoms in total. The first-order valence-electron chi connectivity index (χ1n) is 6.14. The van der Waals surface area contributed by atoms with E-state index in [0.29, 0.717) is 0 Å². The van der Waals surface area contributed by atoms with Crippen LogP contribution in [0.25, 0.3) is 0 Å². The molecular formula is C13H16N2O6. The van der Waals surface area contributed by atoms with E-state index in [0.717, 1.165) is 6.07 Å². The Morgan fingerprint density at radius 2 is 2.05 bits per heavy atom. The van der Waals surface area contributed by atoms with E-state index in [1.54, 1.807) is 7.05 Å². The van der Waals surface area contributed by atoms with Gasteiger partial charge in [0.25, 0.3) is 11.6 Å². The molecule has 1 aromatic carbocycles. The molecule has 1 aromatic rings. The van der Waals surface area contributed by atoms with Gasteiger partial charge in [-0.25, -0.2) is 4.79 Å². The number of amides is 1. The van der Waals surface area contributed by atoms with E-state index in [2.05, 4.69) is 0 Å². The van der Waals surface area contributed by atoms with Crippen molar-refractivity contribution in [3.8, 4) is 5.75 Å². The van der Waals surface area contributed by atoms with Crippen molar-refractivity contribution in [1.29, 1.82) is 0 Å². The van der Waals surface area contributed by atoms with Crippen molar-refractivity contribution in [2.45, 2.75) is 19.9 Å². The van der Waals surface area contributed by atoms with Gasteiger partial charge in [0.05, 0.1) is 4.92 Å². The van der Waals surface area contributed by atoms with Gasteiger partial charge in [0.1, 0.15) is 5.75 Å². The predicted octanol–water partition coefficient (Wildman–Crippen LogP) is 1.54. The van der Waals surface area contributed by atoms with E-state index < -0.39 is 28.8 Å². The van der Waals surface area contributed by atoms with Gasteiger partial charge in [0.15, 0.2) is 12.2 Å². The minimum Gasteiger partial charge on any atom is -0.483 e. The van der Waals surface area contributed by atoms with Crippen LogP contribution in [0.3, 0.4) is 0 Å². The van der Waals surface area contributed by atoms with Crippen LogP contribution < -0.4 is 4.74 Å². The largest absolute Gasteiger partial charge is 0.483 e. The maximum absolute atomic E-state index is 11.8. The van der Waals surface area contributed by atoms with Gasteiger partial charge >= 0.3 is 5.97 Å². The van der Waals surface area contributed by atoms with Gasteiger partial charge in [-0.3, -0.25) is 14.9 Å². The summed E-state index contributed by atoms with van der Waals surface area (Å²) >= 11 is 0. The molecule has 114 valence electrons. The fraction of sp³-hybridized carbons (Fsp3) is 0.385. The molecule has 0 radical (unpaired) electrons. The number of likely N-dealkylation sites (N-methyl/N-ethyl adjacent to an activating group) is 1. The third-order valence-electron chi connectivity index (χ3n) is 2.93. The monoisotopic (exact) mass is 296 g/mol. The Morgan fingerprint density at radius 1 is 1.43 bits per heavy atom. The molecule has 8 heteroatoms. The summed E-state index contributed by atoms with van der Waals surface area (Å²) < 4.78 is 5.15. The van der Waals surface area contributed by atoms with Gasteiger partial charge in [-0.2, -0.15) is 0 Å². The quantitative estimate of drug-likeness (QED) is 0.629. The summed E-state index contributed by atoms with van der Waals surface area (Å²) in [6.45, 7) is 3.23. The van der Waals surface area contributed by atoms with E-state index in [-0.39, 0.29) is 17.7 Å². The zero-order valence-corrected chi connectivity index (χ0v) is 11.9. The number of ether oxygens (including phenoxy) is 1. The van der Waals surface area contributed by atoms with Crippen LogP contribution in [0.5, 0.6) is 5.75 Å². The van der Waals surface area contributed by atoms with Crippen LogP contribution in [-0.2, 0) is 4.79 Å². The Morgan fingerprint density at radius 3 is 2.52 bits per heavy atom. The topological polar surface area (TPSA) is 110 Å². The normalized spacial score (nSPS) is 10.3. The Labute approximate surface area is 121 Å². The molecule has 21 heavy (non-hydrogen) atoms. The third-order valence-corrected chi connectivity index (χ3v) is 2.93. The second kappa shape index (κ2) is 6.69. The summed E-state index contributed by atoms with van der Waals surface area (Å²) in [5.41, 5.74) is -1.15. The Hall–Kier alpha value is -2.64. The van der Waals surface area contributed by atoms with Crippen LogP contribution in [0.2, 0.25) is 0 Å². The highest BCUT2D eigenvalue weighted by Crippen LogP contribution is 2.28. The van der Waals surface area contributed by atoms with E-state index >= 15 is 0 Å². The highest BCUT2D eigenvalue weighted by atomic mass is 16.6. The fourth-order valence-corrected chi connectivity index (χ4v) is 1.54. The average Bonchev–Trinajstić information content (AvgIpc) is 2.42. The summed E-state index contributed by atoms with van der Waals surface area (Å²) in [6.07, 6.45) is 0. The molecule has 0 saturated heterocycles. The van der Waals surface area contributed by atoms with Crippen molar-refractivity contribution in [3.05, 3.63) is 33.9 Å². The van der Waals surface area contributed by atoms with Crippen molar-refractivity contribution in [2.75, 3.05) is 13.7 Å². The number of nitrogens with zero attached hydrogens (tertiary/aromatic N) is 2. The number of hydrogen-bond acceptors (Lipinski definition) is 5. The molecule has 0 atom stereocenters. The second-order valence-corrected chi connectivity index (χ2v) is 4.60. The van der Waals surface area contributed by atoms with Crippen LogP contribution in [0.4, 0.5) is 5.69 Å². The van der Waals surface area contributed by atoms with Crippen molar-refractivity contribution >= 4 is 17.6 Å². The molecule has 0 aliphatic rings. The van der Waals surface area contributed by atoms with Crippen molar-refractivity contribution < 1.29 is 24.4 Å². The van der Waals surface area contributed by atoms with Crippen molar-refractivity contribution in [1.82, 2.24) is 4.90 Å². The minimum atomic E-state index is -1.48. The lowest BCUT2D eigenvalue weighted by molar-refractivity contribution is -0.385. The number of hydrogen-bond donors (Lipinski definition) is 1. The number of carboxylic acids is 1. The minimum absolute atomic E-state index is 0.0369. The molecular weight excluding hydrogens is 280 g/mol. The maximum Gasteiger partial charge on any atom is 0.346 e. The molecule has 0 saturated carbocycles. The number of carbonyl (C=O) groups is 2. The first-order valence-corrected chi connectivity index (χ1v) is 6.14. The summed E-state index contributed by atoms with van der Waals surface area (Å²) in [7, 11) is 1.59. The molecule has 0 aromatic heterocycles. The lowest BCUT2D eigenvalue weighted by atomic mass is 10.1. The number of nitro benzene ring substituents is 1. The van der Waals surface area contributed by atoms with Gasteiger partial charge in [0.2, 0.25) is 0 Å². The fourth-order valence-electron chi connectivity index (χ4n) is 1.54. The summed E-state index contributed by atoms with van der Waals surface area (Å²) in [6, 6.07) is 3.61. The van der Waals surface area contributed by atoms with Crippen LogP contribution in [0.15, 0.2) is 18.2 Å². The van der Waals surface area contributed by atoms with Gasteiger partial charge in [0, 0.05) is 19.2 Å². The molecule has 0 aliphatic heterocycles. The van der Waals surface area contributed by atoms with Gasteiger partial charge in [-0.1, -0.05) is 6.07 Å². The Balaban J connectivity index is 2.99. The zero-order valence-electron chi connectivity index (χ0n) is 11.9. The number of benzene rings is 1. The van der Waals surface area contributed by atoms with Crippen molar-refractivity contribution in [3.63, 3.8) is 0 Å². The van der Waals surface area contributed by atoms with Gasteiger partial charge in [-0.15, -0.1) is 0 Å². The Bertz CT molecular complexity index is 570. The average molecular weight is 296 g/mol. The highest BCUT2D eigenvalue weighted by Gasteiger charge is 2.25. The molecule has 1 amide bonds. The van der Waals surface area contributed by atoms with Gasteiger partial charge < -0.3 is 14.7 Å². The molecule has 0 aliphatic carbocycles. The molecule has 1 N–H and O–H groups in total. The van der Waals surface area contributed by atoms with Crippen LogP contribution in [0, 0.1) is 10.1 Å². The molecule has 0 bridgehead atoms. The Kier molecular flexibility index (Phi) is 5.23. The molecule has 0 heterocycles. The van der Waals surface area contributed by atoms with E-state index in [4.69, 9.17) is 9.84 Å². The smallest absolute Gasteiger partial charge is 0.346 e. The third kappa shape index (κ3) is 3.91. The lowest BCUT2D eigenvalue weighted by Gasteiger charge is -2.21. The standard InChI is InChI=1S/C13H16N2O6/c1-8(2)14(3)11(16)7-21-10-6-4-5-9(15(19)20)12(10)13(17)18/h4-6,8H,7H2,1-3H3,(H,17,18). The predicted molar refractivity (Wildman–Crippen MR) is 73.5 cm³/mol. The maximum atomic E-state index is 11.8. The SMILES string of the molecule is CC(C)N(C)C(=O)COc1cccc([N+](=O)[O-])c1C(=O)O. The highest BCUT2D eigenvalue weighted by molar-refractivity contribution is 5.95. The zero-order chi connectivity index (χ0) is 16.2. The number of nitro groups is 1. The van der Waals surface area contributed by atoms with E-state index in [1.807, 2.05) is 13.8 Å². The number of carbonyl (C=O) groups excluding carboxylic acids is 1. The molecule has 0 unspecified atom stereocenters. The van der Waals surface area contributed by atoms with Crippen LogP contribution >= 0.6 is 0 Å². The van der Waals surface area contributed by atoms with Gasteiger partial charge in [-0.05, 0) is 19.9 Å². The van der Waals surface area contributed by atoms with Crippen LogP contribution in [0.1, 0.15) is 24.2 Å². The first kappa shape index (κ1) is 16.4. The summed E-state index contributed by atoms with van der Waals surface area (Å²) in [5, 5.41) is 19.9. The summed E-state index contributed by atoms with van der Waals surface area (Å²) in [5.74, 6) is -2.04.